The molecule has 5 rings (SSSR count). The van der Waals surface area contributed by atoms with Crippen molar-refractivity contribution in [1.29, 1.82) is 0 Å². The van der Waals surface area contributed by atoms with Gasteiger partial charge < -0.3 is 14.6 Å². The third-order valence-corrected chi connectivity index (χ3v) is 5.68. The van der Waals surface area contributed by atoms with Gasteiger partial charge in [-0.2, -0.15) is 0 Å². The molecule has 0 spiro atoms. The smallest absolute Gasteiger partial charge is 0.341 e. The quantitative estimate of drug-likeness (QED) is 0.514. The van der Waals surface area contributed by atoms with E-state index < -0.39 is 56.8 Å². The highest BCUT2D eigenvalue weighted by Crippen LogP contribution is 2.42. The maximum absolute atomic E-state index is 15.6. The van der Waals surface area contributed by atoms with Gasteiger partial charge in [-0.25, -0.2) is 22.4 Å². The number of pyridine rings is 1. The van der Waals surface area contributed by atoms with Crippen LogP contribution in [0.5, 0.6) is 0 Å². The van der Waals surface area contributed by atoms with E-state index >= 15 is 8.78 Å². The van der Waals surface area contributed by atoms with Crippen molar-refractivity contribution < 1.29 is 27.5 Å². The van der Waals surface area contributed by atoms with Crippen LogP contribution in [0.3, 0.4) is 0 Å². The molecule has 0 amide bonds. The summed E-state index contributed by atoms with van der Waals surface area (Å²) in [5.74, 6) is -6.52. The Hall–Kier alpha value is -3.36. The second-order valence-electron chi connectivity index (χ2n) is 7.56. The van der Waals surface area contributed by atoms with Gasteiger partial charge in [0.05, 0.1) is 10.9 Å². The number of benzene rings is 2. The summed E-state index contributed by atoms with van der Waals surface area (Å²) >= 11 is 0. The van der Waals surface area contributed by atoms with Gasteiger partial charge in [-0.3, -0.25) is 4.79 Å². The first kappa shape index (κ1) is 18.7. The molecule has 1 aromatic heterocycles. The van der Waals surface area contributed by atoms with E-state index in [1.807, 2.05) is 0 Å². The SMILES string of the molecule is O=C(O)c1cn(C2CC2)c2c(F)c(N3Cc4cccc(F)c4C3)c(F)c(F)c2c1=O. The van der Waals surface area contributed by atoms with Crippen molar-refractivity contribution in [3.05, 3.63) is 74.6 Å². The Morgan fingerprint density at radius 1 is 1.03 bits per heavy atom. The van der Waals surface area contributed by atoms with Crippen LogP contribution in [-0.2, 0) is 13.1 Å². The summed E-state index contributed by atoms with van der Waals surface area (Å²) in [7, 11) is 0. The Morgan fingerprint density at radius 2 is 1.77 bits per heavy atom. The maximum Gasteiger partial charge on any atom is 0.341 e. The minimum atomic E-state index is -1.61. The number of carboxylic acid groups (broad SMARTS) is 1. The predicted octanol–water partition coefficient (Wildman–Crippen LogP) is 4.11. The summed E-state index contributed by atoms with van der Waals surface area (Å²) in [5.41, 5.74) is -2.43. The standard InChI is InChI=1S/C21H14F4N2O3/c22-13-3-1-2-9-6-26(7-11(9)13)19-16(24)15(23)14-18(17(19)25)27(10-4-5-10)8-12(20(14)28)21(29)30/h1-3,8,10H,4-7H2,(H,29,30). The second-order valence-corrected chi connectivity index (χ2v) is 7.56. The van der Waals surface area contributed by atoms with Crippen molar-refractivity contribution in [3.63, 3.8) is 0 Å². The van der Waals surface area contributed by atoms with Crippen LogP contribution < -0.4 is 10.3 Å². The predicted molar refractivity (Wildman–Crippen MR) is 99.6 cm³/mol. The van der Waals surface area contributed by atoms with Crippen molar-refractivity contribution >= 4 is 22.6 Å². The topological polar surface area (TPSA) is 62.5 Å². The lowest BCUT2D eigenvalue weighted by Gasteiger charge is -2.22. The first-order chi connectivity index (χ1) is 14.3. The minimum Gasteiger partial charge on any atom is -0.477 e. The summed E-state index contributed by atoms with van der Waals surface area (Å²) in [6.45, 7) is -0.200. The molecule has 1 aliphatic carbocycles. The molecule has 9 heteroatoms. The summed E-state index contributed by atoms with van der Waals surface area (Å²) in [6.07, 6.45) is 2.16. The summed E-state index contributed by atoms with van der Waals surface area (Å²) in [4.78, 5) is 25.1. The lowest BCUT2D eigenvalue weighted by Crippen LogP contribution is -2.24. The molecule has 5 nitrogen and oxygen atoms in total. The number of carboxylic acids is 1. The molecule has 0 unspecified atom stereocenters. The zero-order valence-electron chi connectivity index (χ0n) is 15.4. The lowest BCUT2D eigenvalue weighted by atomic mass is 10.1. The zero-order valence-corrected chi connectivity index (χ0v) is 15.4. The average molecular weight is 418 g/mol. The molecule has 1 N–H and O–H groups in total. The molecule has 0 atom stereocenters. The Morgan fingerprint density at radius 3 is 2.40 bits per heavy atom. The van der Waals surface area contributed by atoms with Crippen LogP contribution in [0.25, 0.3) is 10.9 Å². The molecular formula is C21H14F4N2O3. The first-order valence-electron chi connectivity index (χ1n) is 9.29. The third-order valence-electron chi connectivity index (χ3n) is 5.68. The average Bonchev–Trinajstić information content (AvgIpc) is 3.45. The summed E-state index contributed by atoms with van der Waals surface area (Å²) in [6, 6.07) is 4.01. The Balaban J connectivity index is 1.79. The van der Waals surface area contributed by atoms with Crippen LogP contribution in [0.15, 0.2) is 29.2 Å². The fourth-order valence-electron chi connectivity index (χ4n) is 4.09. The van der Waals surface area contributed by atoms with Crippen molar-refractivity contribution in [3.8, 4) is 0 Å². The fourth-order valence-corrected chi connectivity index (χ4v) is 4.09. The number of aromatic nitrogens is 1. The van der Waals surface area contributed by atoms with Crippen molar-refractivity contribution in [1.82, 2.24) is 4.57 Å². The zero-order chi connectivity index (χ0) is 21.3. The van der Waals surface area contributed by atoms with Crippen molar-refractivity contribution in [2.45, 2.75) is 32.0 Å². The summed E-state index contributed by atoms with van der Waals surface area (Å²) in [5, 5.41) is 8.34. The largest absolute Gasteiger partial charge is 0.477 e. The van der Waals surface area contributed by atoms with Crippen LogP contribution >= 0.6 is 0 Å². The van der Waals surface area contributed by atoms with E-state index in [9.17, 15) is 23.5 Å². The highest BCUT2D eigenvalue weighted by Gasteiger charge is 2.35. The van der Waals surface area contributed by atoms with E-state index in [1.165, 1.54) is 21.6 Å². The number of hydrogen-bond donors (Lipinski definition) is 1. The Kier molecular flexibility index (Phi) is 3.93. The number of anilines is 1. The number of hydrogen-bond acceptors (Lipinski definition) is 3. The van der Waals surface area contributed by atoms with Gasteiger partial charge in [-0.1, -0.05) is 12.1 Å². The van der Waals surface area contributed by atoms with Crippen LogP contribution in [0.2, 0.25) is 0 Å². The van der Waals surface area contributed by atoms with Gasteiger partial charge in [0, 0.05) is 30.9 Å². The van der Waals surface area contributed by atoms with Gasteiger partial charge in [0.25, 0.3) is 0 Å². The van der Waals surface area contributed by atoms with Crippen molar-refractivity contribution in [2.24, 2.45) is 0 Å². The number of halogens is 4. The third kappa shape index (κ3) is 2.54. The highest BCUT2D eigenvalue weighted by atomic mass is 19.2. The molecule has 0 radical (unpaired) electrons. The molecule has 1 fully saturated rings. The van der Waals surface area contributed by atoms with Gasteiger partial charge in [-0.05, 0) is 24.5 Å². The molecule has 2 heterocycles. The monoisotopic (exact) mass is 418 g/mol. The number of aromatic carboxylic acids is 1. The molecule has 1 aliphatic heterocycles. The number of carbonyl (C=O) groups is 1. The van der Waals surface area contributed by atoms with E-state index in [4.69, 9.17) is 0 Å². The lowest BCUT2D eigenvalue weighted by molar-refractivity contribution is 0.0694. The van der Waals surface area contributed by atoms with Gasteiger partial charge in [0.15, 0.2) is 17.5 Å². The molecular weight excluding hydrogens is 404 g/mol. The Bertz CT molecular complexity index is 1310. The van der Waals surface area contributed by atoms with Gasteiger partial charge in [0.2, 0.25) is 5.43 Å². The maximum atomic E-state index is 15.6. The highest BCUT2D eigenvalue weighted by molar-refractivity contribution is 5.94. The number of nitrogens with zero attached hydrogens (tertiary/aromatic N) is 2. The van der Waals surface area contributed by atoms with Gasteiger partial charge in [-0.15, -0.1) is 0 Å². The summed E-state index contributed by atoms with van der Waals surface area (Å²) < 4.78 is 60.9. The molecule has 0 bridgehead atoms. The second kappa shape index (κ2) is 6.32. The van der Waals surface area contributed by atoms with Crippen LogP contribution in [0.1, 0.15) is 40.4 Å². The molecule has 1 saturated carbocycles. The van der Waals surface area contributed by atoms with E-state index in [1.54, 1.807) is 6.07 Å². The number of rotatable bonds is 3. The van der Waals surface area contributed by atoms with E-state index in [2.05, 4.69) is 0 Å². The normalized spacial score (nSPS) is 15.7. The first-order valence-corrected chi connectivity index (χ1v) is 9.29. The van der Waals surface area contributed by atoms with Crippen LogP contribution in [0, 0.1) is 23.3 Å². The molecule has 30 heavy (non-hydrogen) atoms. The van der Waals surface area contributed by atoms with E-state index in [-0.39, 0.29) is 24.7 Å². The van der Waals surface area contributed by atoms with Crippen LogP contribution in [-0.4, -0.2) is 15.6 Å². The van der Waals surface area contributed by atoms with E-state index in [0.29, 0.717) is 18.4 Å². The van der Waals surface area contributed by atoms with Crippen molar-refractivity contribution in [2.75, 3.05) is 4.90 Å². The van der Waals surface area contributed by atoms with Gasteiger partial charge in [0.1, 0.15) is 17.1 Å². The van der Waals surface area contributed by atoms with E-state index in [0.717, 1.165) is 6.20 Å². The Labute approximate surface area is 166 Å². The molecule has 0 saturated heterocycles. The number of fused-ring (bicyclic) bond motifs is 2. The molecule has 2 aromatic carbocycles. The minimum absolute atomic E-state index is 0.0350. The molecule has 154 valence electrons. The molecule has 3 aromatic rings. The molecule has 2 aliphatic rings. The van der Waals surface area contributed by atoms with Gasteiger partial charge >= 0.3 is 5.97 Å². The van der Waals surface area contributed by atoms with Crippen LogP contribution in [0.4, 0.5) is 23.2 Å². The fraction of sp³-hybridized carbons (Fsp3) is 0.238.